The van der Waals surface area contributed by atoms with Crippen molar-refractivity contribution in [3.8, 4) is 0 Å². The number of thiocarbonyl (C=S) groups is 1. The SMILES string of the molecule is COC(=O)[C@@H](Cc1ccccc1)NC(=S)/C(F)=C\[C@H](CO)NC(=O)OC(C)(C)C. The maximum Gasteiger partial charge on any atom is 0.408 e. The minimum absolute atomic E-state index is 0.237. The first-order chi connectivity index (χ1) is 13.6. The molecule has 0 aliphatic carbocycles. The molecule has 7 nitrogen and oxygen atoms in total. The third-order valence-corrected chi connectivity index (χ3v) is 3.85. The topological polar surface area (TPSA) is 96.9 Å². The van der Waals surface area contributed by atoms with Crippen LogP contribution in [0.1, 0.15) is 26.3 Å². The molecule has 0 fully saturated rings. The van der Waals surface area contributed by atoms with Crippen molar-refractivity contribution in [1.82, 2.24) is 10.6 Å². The summed E-state index contributed by atoms with van der Waals surface area (Å²) in [4.78, 5) is 23.5. The zero-order chi connectivity index (χ0) is 22.0. The van der Waals surface area contributed by atoms with E-state index in [2.05, 4.69) is 10.6 Å². The number of carbonyl (C=O) groups is 2. The maximum atomic E-state index is 14.5. The number of alkyl carbamates (subject to hydrolysis) is 1. The number of hydrogen-bond donors (Lipinski definition) is 3. The molecule has 9 heteroatoms. The number of benzene rings is 1. The first kappa shape index (κ1) is 24.5. The zero-order valence-corrected chi connectivity index (χ0v) is 17.7. The lowest BCUT2D eigenvalue weighted by Crippen LogP contribution is -2.43. The van der Waals surface area contributed by atoms with E-state index in [0.29, 0.717) is 0 Å². The summed E-state index contributed by atoms with van der Waals surface area (Å²) in [5, 5.41) is 14.3. The van der Waals surface area contributed by atoms with E-state index in [1.54, 1.807) is 20.8 Å². The Kier molecular flexibility index (Phi) is 9.70. The van der Waals surface area contributed by atoms with Crippen molar-refractivity contribution in [2.45, 2.75) is 44.9 Å². The van der Waals surface area contributed by atoms with Crippen LogP contribution in [-0.2, 0) is 20.7 Å². The van der Waals surface area contributed by atoms with Gasteiger partial charge in [0.15, 0.2) is 5.83 Å². The molecule has 1 amide bonds. The predicted molar refractivity (Wildman–Crippen MR) is 111 cm³/mol. The zero-order valence-electron chi connectivity index (χ0n) is 16.9. The second kappa shape index (κ2) is 11.5. The van der Waals surface area contributed by atoms with E-state index >= 15 is 0 Å². The fourth-order valence-corrected chi connectivity index (χ4v) is 2.47. The molecule has 0 saturated carbocycles. The molecule has 160 valence electrons. The highest BCUT2D eigenvalue weighted by Crippen LogP contribution is 2.09. The minimum Gasteiger partial charge on any atom is -0.467 e. The number of methoxy groups -OCH3 is 1. The molecule has 3 N–H and O–H groups in total. The van der Waals surface area contributed by atoms with Gasteiger partial charge < -0.3 is 25.2 Å². The average Bonchev–Trinajstić information content (AvgIpc) is 2.65. The minimum atomic E-state index is -1.06. The Morgan fingerprint density at radius 3 is 2.38 bits per heavy atom. The number of aliphatic hydroxyl groups excluding tert-OH is 1. The molecule has 0 saturated heterocycles. The van der Waals surface area contributed by atoms with Crippen LogP contribution in [-0.4, -0.2) is 53.6 Å². The highest BCUT2D eigenvalue weighted by molar-refractivity contribution is 7.80. The Balaban J connectivity index is 2.81. The lowest BCUT2D eigenvalue weighted by molar-refractivity contribution is -0.142. The molecular weight excluding hydrogens is 399 g/mol. The van der Waals surface area contributed by atoms with Crippen LogP contribution in [0.5, 0.6) is 0 Å². The Labute approximate surface area is 175 Å². The Bertz CT molecular complexity index is 734. The highest BCUT2D eigenvalue weighted by Gasteiger charge is 2.23. The maximum absolute atomic E-state index is 14.5. The van der Waals surface area contributed by atoms with E-state index in [9.17, 15) is 19.1 Å². The van der Waals surface area contributed by atoms with Gasteiger partial charge in [-0.1, -0.05) is 42.5 Å². The molecule has 0 aliphatic rings. The van der Waals surface area contributed by atoms with Gasteiger partial charge in [0.1, 0.15) is 16.6 Å². The van der Waals surface area contributed by atoms with Crippen molar-refractivity contribution in [3.05, 3.63) is 47.8 Å². The summed E-state index contributed by atoms with van der Waals surface area (Å²) in [5.41, 5.74) is 0.0939. The van der Waals surface area contributed by atoms with Crippen LogP contribution >= 0.6 is 12.2 Å². The molecule has 0 heterocycles. The third-order valence-electron chi connectivity index (χ3n) is 3.54. The quantitative estimate of drug-likeness (QED) is 0.334. The summed E-state index contributed by atoms with van der Waals surface area (Å²) >= 11 is 5.02. The van der Waals surface area contributed by atoms with Crippen LogP contribution in [0.4, 0.5) is 9.18 Å². The number of nitrogens with one attached hydrogen (secondary N) is 2. The smallest absolute Gasteiger partial charge is 0.408 e. The summed E-state index contributed by atoms with van der Waals surface area (Å²) < 4.78 is 24.3. The van der Waals surface area contributed by atoms with E-state index in [-0.39, 0.29) is 11.4 Å². The molecule has 1 aromatic carbocycles. The number of amides is 1. The van der Waals surface area contributed by atoms with Crippen LogP contribution in [0.3, 0.4) is 0 Å². The van der Waals surface area contributed by atoms with Crippen LogP contribution in [0.15, 0.2) is 42.2 Å². The summed E-state index contributed by atoms with van der Waals surface area (Å²) in [6.45, 7) is 4.46. The molecule has 2 atom stereocenters. The lowest BCUT2D eigenvalue weighted by atomic mass is 10.1. The first-order valence-electron chi connectivity index (χ1n) is 8.96. The molecule has 29 heavy (non-hydrogen) atoms. The van der Waals surface area contributed by atoms with Crippen LogP contribution in [0.25, 0.3) is 0 Å². The fourth-order valence-electron chi connectivity index (χ4n) is 2.26. The number of rotatable bonds is 8. The molecule has 0 aromatic heterocycles. The van der Waals surface area contributed by atoms with Crippen molar-refractivity contribution < 1.29 is 28.6 Å². The normalized spacial score (nSPS) is 13.8. The van der Waals surface area contributed by atoms with E-state index in [1.807, 2.05) is 30.3 Å². The Hall–Kier alpha value is -2.52. The Morgan fingerprint density at radius 2 is 1.86 bits per heavy atom. The van der Waals surface area contributed by atoms with Gasteiger partial charge in [0.25, 0.3) is 0 Å². The molecule has 0 spiro atoms. The first-order valence-corrected chi connectivity index (χ1v) is 9.37. The number of ether oxygens (including phenoxy) is 2. The second-order valence-electron chi connectivity index (χ2n) is 7.19. The van der Waals surface area contributed by atoms with Gasteiger partial charge in [-0.3, -0.25) is 0 Å². The molecule has 1 aromatic rings. The third kappa shape index (κ3) is 9.49. The number of hydrogen-bond acceptors (Lipinski definition) is 6. The summed E-state index contributed by atoms with van der Waals surface area (Å²) in [6.07, 6.45) is 0.368. The number of esters is 1. The Morgan fingerprint density at radius 1 is 1.24 bits per heavy atom. The standard InChI is InChI=1S/C20H27FN2O5S/c1-20(2,3)28-19(26)22-14(12-24)11-15(21)17(29)23-16(18(25)27-4)10-13-8-6-5-7-9-13/h5-9,11,14,16,24H,10,12H2,1-4H3,(H,22,26)(H,23,29)/b15-11+/t14-,16-/m1/s1. The lowest BCUT2D eigenvalue weighted by Gasteiger charge is -2.22. The van der Waals surface area contributed by atoms with Gasteiger partial charge >= 0.3 is 12.1 Å². The van der Waals surface area contributed by atoms with Crippen LogP contribution in [0.2, 0.25) is 0 Å². The molecule has 0 bridgehead atoms. The number of carbonyl (C=O) groups excluding carboxylic acids is 2. The number of aliphatic hydroxyl groups is 1. The summed E-state index contributed by atoms with van der Waals surface area (Å²) in [6, 6.07) is 7.14. The highest BCUT2D eigenvalue weighted by atomic mass is 32.1. The second-order valence-corrected chi connectivity index (χ2v) is 7.60. The number of halogens is 1. The van der Waals surface area contributed by atoms with Crippen molar-refractivity contribution >= 4 is 29.3 Å². The van der Waals surface area contributed by atoms with Gasteiger partial charge in [0.2, 0.25) is 0 Å². The molecule has 0 aliphatic heterocycles. The van der Waals surface area contributed by atoms with E-state index < -0.39 is 42.2 Å². The van der Waals surface area contributed by atoms with Crippen molar-refractivity contribution in [2.75, 3.05) is 13.7 Å². The van der Waals surface area contributed by atoms with Crippen LogP contribution in [0, 0.1) is 0 Å². The fraction of sp³-hybridized carbons (Fsp3) is 0.450. The average molecular weight is 427 g/mol. The van der Waals surface area contributed by atoms with Gasteiger partial charge in [-0.05, 0) is 32.4 Å². The van der Waals surface area contributed by atoms with E-state index in [4.69, 9.17) is 21.7 Å². The molecule has 1 rings (SSSR count). The summed E-state index contributed by atoms with van der Waals surface area (Å²) in [7, 11) is 1.23. The van der Waals surface area contributed by atoms with Gasteiger partial charge in [0, 0.05) is 6.42 Å². The van der Waals surface area contributed by atoms with Crippen molar-refractivity contribution in [1.29, 1.82) is 0 Å². The van der Waals surface area contributed by atoms with Crippen molar-refractivity contribution in [3.63, 3.8) is 0 Å². The van der Waals surface area contributed by atoms with Gasteiger partial charge in [-0.25, -0.2) is 14.0 Å². The van der Waals surface area contributed by atoms with Crippen LogP contribution < -0.4 is 10.6 Å². The monoisotopic (exact) mass is 426 g/mol. The predicted octanol–water partition coefficient (Wildman–Crippen LogP) is 2.43. The van der Waals surface area contributed by atoms with Crippen molar-refractivity contribution in [2.24, 2.45) is 0 Å². The van der Waals surface area contributed by atoms with E-state index in [0.717, 1.165) is 11.6 Å². The molecule has 0 radical (unpaired) electrons. The summed E-state index contributed by atoms with van der Waals surface area (Å²) in [5.74, 6) is -1.51. The van der Waals surface area contributed by atoms with E-state index in [1.165, 1.54) is 7.11 Å². The van der Waals surface area contributed by atoms with Gasteiger partial charge in [-0.2, -0.15) is 0 Å². The van der Waals surface area contributed by atoms with Gasteiger partial charge in [0.05, 0.1) is 19.8 Å². The molecular formula is C20H27FN2O5S. The molecule has 0 unspecified atom stereocenters. The van der Waals surface area contributed by atoms with Gasteiger partial charge in [-0.15, -0.1) is 0 Å². The largest absolute Gasteiger partial charge is 0.467 e.